The summed E-state index contributed by atoms with van der Waals surface area (Å²) in [4.78, 5) is 0. The Morgan fingerprint density at radius 2 is 1.68 bits per heavy atom. The predicted octanol–water partition coefficient (Wildman–Crippen LogP) is 4.62. The Hall–Kier alpha value is -0.650. The molecule has 1 N–H and O–H groups in total. The standard InChI is InChI=1S/C12H13Cl2F3O2/c1-6(2)5-19-10-8(13)3-7(4-9(10)14)11(18)12(15,16)17/h3-4,6,11,18H,5H2,1-2H3. The van der Waals surface area contributed by atoms with Crippen LogP contribution < -0.4 is 4.74 Å². The number of benzene rings is 1. The van der Waals surface area contributed by atoms with Gasteiger partial charge in [0.05, 0.1) is 16.7 Å². The second-order valence-electron chi connectivity index (χ2n) is 4.46. The average molecular weight is 317 g/mol. The van der Waals surface area contributed by atoms with E-state index in [2.05, 4.69) is 0 Å². The van der Waals surface area contributed by atoms with Crippen molar-refractivity contribution < 1.29 is 23.0 Å². The summed E-state index contributed by atoms with van der Waals surface area (Å²) in [6, 6.07) is 2.00. The molecule has 2 nitrogen and oxygen atoms in total. The predicted molar refractivity (Wildman–Crippen MR) is 67.8 cm³/mol. The van der Waals surface area contributed by atoms with Crippen LogP contribution in [0.1, 0.15) is 25.5 Å². The highest BCUT2D eigenvalue weighted by molar-refractivity contribution is 6.37. The monoisotopic (exact) mass is 316 g/mol. The van der Waals surface area contributed by atoms with Crippen LogP contribution in [0.4, 0.5) is 13.2 Å². The molecule has 1 unspecified atom stereocenters. The fourth-order valence-corrected chi connectivity index (χ4v) is 1.93. The molecule has 7 heteroatoms. The van der Waals surface area contributed by atoms with Crippen LogP contribution in [0, 0.1) is 5.92 Å². The van der Waals surface area contributed by atoms with E-state index in [9.17, 15) is 13.2 Å². The Morgan fingerprint density at radius 1 is 1.21 bits per heavy atom. The van der Waals surface area contributed by atoms with Gasteiger partial charge in [0.1, 0.15) is 0 Å². The molecule has 0 fully saturated rings. The molecule has 0 aromatic heterocycles. The minimum atomic E-state index is -4.77. The van der Waals surface area contributed by atoms with Crippen molar-refractivity contribution in [3.63, 3.8) is 0 Å². The highest BCUT2D eigenvalue weighted by Crippen LogP contribution is 2.40. The largest absolute Gasteiger partial charge is 0.490 e. The first-order valence-electron chi connectivity index (χ1n) is 5.49. The SMILES string of the molecule is CC(C)COc1c(Cl)cc(C(O)C(F)(F)F)cc1Cl. The molecule has 0 aliphatic rings. The molecule has 0 bridgehead atoms. The third kappa shape index (κ3) is 4.44. The van der Waals surface area contributed by atoms with Crippen molar-refractivity contribution in [3.8, 4) is 5.75 Å². The zero-order valence-corrected chi connectivity index (χ0v) is 11.8. The average Bonchev–Trinajstić information content (AvgIpc) is 2.24. The number of hydrogen-bond donors (Lipinski definition) is 1. The van der Waals surface area contributed by atoms with Crippen LogP contribution in [-0.2, 0) is 0 Å². The van der Waals surface area contributed by atoms with E-state index in [1.807, 2.05) is 13.8 Å². The molecule has 1 aromatic carbocycles. The number of halogens is 5. The Bertz CT molecular complexity index is 424. The van der Waals surface area contributed by atoms with Crippen LogP contribution in [0.2, 0.25) is 10.0 Å². The number of hydrogen-bond acceptors (Lipinski definition) is 2. The third-order valence-electron chi connectivity index (χ3n) is 2.21. The molecule has 0 aliphatic heterocycles. The minimum absolute atomic E-state index is 0.0635. The number of aliphatic hydroxyl groups is 1. The van der Waals surface area contributed by atoms with Gasteiger partial charge >= 0.3 is 6.18 Å². The zero-order chi connectivity index (χ0) is 14.8. The van der Waals surface area contributed by atoms with E-state index in [0.29, 0.717) is 6.61 Å². The lowest BCUT2D eigenvalue weighted by molar-refractivity contribution is -0.206. The summed E-state index contributed by atoms with van der Waals surface area (Å²) in [5, 5.41) is 9.00. The molecular weight excluding hydrogens is 304 g/mol. The molecule has 0 amide bonds. The summed E-state index contributed by atoms with van der Waals surface area (Å²) in [7, 11) is 0. The smallest absolute Gasteiger partial charge is 0.418 e. The maximum absolute atomic E-state index is 12.4. The summed E-state index contributed by atoms with van der Waals surface area (Å²) in [6.07, 6.45) is -7.39. The first-order chi connectivity index (χ1) is 8.62. The van der Waals surface area contributed by atoms with Crippen LogP contribution >= 0.6 is 23.2 Å². The summed E-state index contributed by atoms with van der Waals surface area (Å²) in [6.45, 7) is 4.15. The van der Waals surface area contributed by atoms with E-state index >= 15 is 0 Å². The molecule has 0 saturated carbocycles. The number of alkyl halides is 3. The Morgan fingerprint density at radius 3 is 2.05 bits per heavy atom. The van der Waals surface area contributed by atoms with Crippen LogP contribution in [0.25, 0.3) is 0 Å². The molecule has 0 radical (unpaired) electrons. The summed E-state index contributed by atoms with van der Waals surface area (Å²) >= 11 is 11.6. The van der Waals surface area contributed by atoms with Gasteiger partial charge in [0, 0.05) is 0 Å². The third-order valence-corrected chi connectivity index (χ3v) is 2.77. The van der Waals surface area contributed by atoms with Gasteiger partial charge in [-0.2, -0.15) is 13.2 Å². The fraction of sp³-hybridized carbons (Fsp3) is 0.500. The van der Waals surface area contributed by atoms with Gasteiger partial charge in [-0.25, -0.2) is 0 Å². The molecule has 1 atom stereocenters. The maximum Gasteiger partial charge on any atom is 0.418 e. The molecule has 0 aliphatic carbocycles. The number of rotatable bonds is 4. The van der Waals surface area contributed by atoms with Gasteiger partial charge in [0.2, 0.25) is 0 Å². The van der Waals surface area contributed by atoms with Crippen LogP contribution in [-0.4, -0.2) is 17.9 Å². The lowest BCUT2D eigenvalue weighted by Crippen LogP contribution is -2.20. The van der Waals surface area contributed by atoms with Gasteiger partial charge in [0.25, 0.3) is 0 Å². The highest BCUT2D eigenvalue weighted by atomic mass is 35.5. The first-order valence-corrected chi connectivity index (χ1v) is 6.25. The minimum Gasteiger partial charge on any atom is -0.490 e. The van der Waals surface area contributed by atoms with Crippen molar-refractivity contribution in [2.24, 2.45) is 5.92 Å². The van der Waals surface area contributed by atoms with Crippen molar-refractivity contribution in [2.45, 2.75) is 26.1 Å². The van der Waals surface area contributed by atoms with Crippen LogP contribution in [0.3, 0.4) is 0 Å². The van der Waals surface area contributed by atoms with Crippen molar-refractivity contribution in [1.29, 1.82) is 0 Å². The second-order valence-corrected chi connectivity index (χ2v) is 5.28. The Kier molecular flexibility index (Phi) is 5.35. The van der Waals surface area contributed by atoms with Crippen molar-refractivity contribution in [2.75, 3.05) is 6.61 Å². The summed E-state index contributed by atoms with van der Waals surface area (Å²) in [5.74, 6) is 0.336. The molecule has 0 heterocycles. The number of ether oxygens (including phenoxy) is 1. The lowest BCUT2D eigenvalue weighted by atomic mass is 10.1. The van der Waals surface area contributed by atoms with Crippen molar-refractivity contribution in [1.82, 2.24) is 0 Å². The molecule has 19 heavy (non-hydrogen) atoms. The lowest BCUT2D eigenvalue weighted by Gasteiger charge is -2.17. The first kappa shape index (κ1) is 16.4. The van der Waals surface area contributed by atoms with E-state index in [1.54, 1.807) is 0 Å². The normalized spacial score (nSPS) is 13.7. The molecule has 1 aromatic rings. The summed E-state index contributed by atoms with van der Waals surface area (Å²) < 4.78 is 42.5. The number of aliphatic hydroxyl groups excluding tert-OH is 1. The van der Waals surface area contributed by atoms with Gasteiger partial charge in [-0.1, -0.05) is 37.0 Å². The molecule has 1 rings (SSSR count). The molecule has 108 valence electrons. The Labute approximate surface area is 119 Å². The Balaban J connectivity index is 3.03. The second kappa shape index (κ2) is 6.20. The molecular formula is C12H13Cl2F3O2. The highest BCUT2D eigenvalue weighted by Gasteiger charge is 2.39. The van der Waals surface area contributed by atoms with Gasteiger partial charge in [0.15, 0.2) is 11.9 Å². The van der Waals surface area contributed by atoms with Crippen molar-refractivity contribution in [3.05, 3.63) is 27.7 Å². The fourth-order valence-electron chi connectivity index (χ4n) is 1.31. The van der Waals surface area contributed by atoms with E-state index < -0.39 is 17.8 Å². The van der Waals surface area contributed by atoms with E-state index in [-0.39, 0.29) is 21.7 Å². The zero-order valence-electron chi connectivity index (χ0n) is 10.3. The maximum atomic E-state index is 12.4. The van der Waals surface area contributed by atoms with Crippen LogP contribution in [0.15, 0.2) is 12.1 Å². The van der Waals surface area contributed by atoms with E-state index in [1.165, 1.54) is 0 Å². The van der Waals surface area contributed by atoms with Gasteiger partial charge in [-0.05, 0) is 23.6 Å². The quantitative estimate of drug-likeness (QED) is 0.878. The molecule has 0 spiro atoms. The van der Waals surface area contributed by atoms with Crippen LogP contribution in [0.5, 0.6) is 5.75 Å². The summed E-state index contributed by atoms with van der Waals surface area (Å²) in [5.41, 5.74) is -0.417. The van der Waals surface area contributed by atoms with E-state index in [4.69, 9.17) is 33.0 Å². The van der Waals surface area contributed by atoms with Gasteiger partial charge in [-0.15, -0.1) is 0 Å². The van der Waals surface area contributed by atoms with Gasteiger partial charge < -0.3 is 9.84 Å². The topological polar surface area (TPSA) is 29.5 Å². The van der Waals surface area contributed by atoms with E-state index in [0.717, 1.165) is 12.1 Å². The van der Waals surface area contributed by atoms with Crippen molar-refractivity contribution >= 4 is 23.2 Å². The van der Waals surface area contributed by atoms with Gasteiger partial charge in [-0.3, -0.25) is 0 Å². The molecule has 0 saturated heterocycles.